The van der Waals surface area contributed by atoms with Crippen LogP contribution in [0.2, 0.25) is 0 Å². The fraction of sp³-hybridized carbons (Fsp3) is 0.368. The van der Waals surface area contributed by atoms with Gasteiger partial charge in [-0.25, -0.2) is 0 Å². The summed E-state index contributed by atoms with van der Waals surface area (Å²) in [5.41, 5.74) is 2.05. The lowest BCUT2D eigenvalue weighted by atomic mass is 9.82. The van der Waals surface area contributed by atoms with E-state index in [-0.39, 0.29) is 5.92 Å². The molecule has 0 aliphatic rings. The molecule has 2 aromatic heterocycles. The number of hydrogen-bond acceptors (Lipinski definition) is 3. The van der Waals surface area contributed by atoms with Crippen molar-refractivity contribution in [3.63, 3.8) is 0 Å². The SMILES string of the molecule is CCC(O)(CC)C(C)c1ccc2ccc3cccnc3c2n1. The molecular weight excluding hydrogens is 272 g/mol. The number of rotatable bonds is 4. The number of benzene rings is 1. The molecule has 0 radical (unpaired) electrons. The van der Waals surface area contributed by atoms with E-state index in [9.17, 15) is 5.11 Å². The second-order valence-electron chi connectivity index (χ2n) is 5.98. The second kappa shape index (κ2) is 5.65. The summed E-state index contributed by atoms with van der Waals surface area (Å²) in [5.74, 6) is -0.00846. The van der Waals surface area contributed by atoms with Crippen LogP contribution in [0.5, 0.6) is 0 Å². The highest BCUT2D eigenvalue weighted by atomic mass is 16.3. The van der Waals surface area contributed by atoms with Crippen LogP contribution < -0.4 is 0 Å². The van der Waals surface area contributed by atoms with Crippen LogP contribution in [-0.2, 0) is 0 Å². The summed E-state index contributed by atoms with van der Waals surface area (Å²) in [6, 6.07) is 12.2. The molecule has 1 atom stereocenters. The van der Waals surface area contributed by atoms with E-state index in [0.29, 0.717) is 0 Å². The van der Waals surface area contributed by atoms with E-state index < -0.39 is 5.60 Å². The van der Waals surface area contributed by atoms with E-state index in [2.05, 4.69) is 30.1 Å². The van der Waals surface area contributed by atoms with Crippen LogP contribution in [-0.4, -0.2) is 20.7 Å². The molecule has 0 aliphatic carbocycles. The number of pyridine rings is 2. The number of fused-ring (bicyclic) bond motifs is 3. The first kappa shape index (κ1) is 14.9. The van der Waals surface area contributed by atoms with Gasteiger partial charge in [0.25, 0.3) is 0 Å². The highest BCUT2D eigenvalue weighted by Gasteiger charge is 2.32. The zero-order valence-electron chi connectivity index (χ0n) is 13.4. The largest absolute Gasteiger partial charge is 0.389 e. The maximum atomic E-state index is 10.8. The molecule has 0 saturated heterocycles. The van der Waals surface area contributed by atoms with Gasteiger partial charge >= 0.3 is 0 Å². The third-order valence-electron chi connectivity index (χ3n) is 4.93. The highest BCUT2D eigenvalue weighted by molar-refractivity contribution is 6.02. The van der Waals surface area contributed by atoms with Crippen molar-refractivity contribution < 1.29 is 5.11 Å². The van der Waals surface area contributed by atoms with E-state index in [1.165, 1.54) is 0 Å². The Morgan fingerprint density at radius 3 is 2.32 bits per heavy atom. The Kier molecular flexibility index (Phi) is 3.83. The van der Waals surface area contributed by atoms with Crippen molar-refractivity contribution in [1.82, 2.24) is 9.97 Å². The summed E-state index contributed by atoms with van der Waals surface area (Å²) in [6.45, 7) is 6.11. The van der Waals surface area contributed by atoms with E-state index in [1.54, 1.807) is 6.20 Å². The molecule has 0 spiro atoms. The van der Waals surface area contributed by atoms with Crippen molar-refractivity contribution in [3.8, 4) is 0 Å². The molecule has 0 fully saturated rings. The van der Waals surface area contributed by atoms with Crippen molar-refractivity contribution in [2.24, 2.45) is 0 Å². The van der Waals surface area contributed by atoms with Gasteiger partial charge in [0.2, 0.25) is 0 Å². The Morgan fingerprint density at radius 2 is 1.64 bits per heavy atom. The number of nitrogens with zero attached hydrogens (tertiary/aromatic N) is 2. The molecular formula is C19H22N2O. The lowest BCUT2D eigenvalue weighted by molar-refractivity contribution is 0.00836. The molecule has 3 rings (SSSR count). The quantitative estimate of drug-likeness (QED) is 0.724. The normalized spacial score (nSPS) is 13.6. The summed E-state index contributed by atoms with van der Waals surface area (Å²) >= 11 is 0. The van der Waals surface area contributed by atoms with Crippen LogP contribution in [0, 0.1) is 0 Å². The third kappa shape index (κ3) is 2.35. The van der Waals surface area contributed by atoms with Crippen LogP contribution in [0.15, 0.2) is 42.6 Å². The first-order chi connectivity index (χ1) is 10.6. The summed E-state index contributed by atoms with van der Waals surface area (Å²) in [6.07, 6.45) is 3.24. The summed E-state index contributed by atoms with van der Waals surface area (Å²) in [5, 5.41) is 13.0. The van der Waals surface area contributed by atoms with Gasteiger partial charge in [0.05, 0.1) is 16.6 Å². The third-order valence-corrected chi connectivity index (χ3v) is 4.93. The molecule has 0 saturated carbocycles. The van der Waals surface area contributed by atoms with Gasteiger partial charge in [0, 0.05) is 28.6 Å². The summed E-state index contributed by atoms with van der Waals surface area (Å²) in [7, 11) is 0. The Bertz CT molecular complexity index is 809. The molecule has 22 heavy (non-hydrogen) atoms. The van der Waals surface area contributed by atoms with Crippen LogP contribution in [0.4, 0.5) is 0 Å². The summed E-state index contributed by atoms with van der Waals surface area (Å²) < 4.78 is 0. The number of aromatic nitrogens is 2. The molecule has 1 unspecified atom stereocenters. The fourth-order valence-corrected chi connectivity index (χ4v) is 3.12. The van der Waals surface area contributed by atoms with Gasteiger partial charge in [-0.3, -0.25) is 9.97 Å². The van der Waals surface area contributed by atoms with Gasteiger partial charge in [-0.1, -0.05) is 45.0 Å². The molecule has 3 heteroatoms. The van der Waals surface area contributed by atoms with Gasteiger partial charge in [-0.2, -0.15) is 0 Å². The predicted molar refractivity (Wildman–Crippen MR) is 91.0 cm³/mol. The van der Waals surface area contributed by atoms with Crippen LogP contribution >= 0.6 is 0 Å². The van der Waals surface area contributed by atoms with Crippen molar-refractivity contribution in [2.75, 3.05) is 0 Å². The van der Waals surface area contributed by atoms with Gasteiger partial charge in [0.1, 0.15) is 0 Å². The predicted octanol–water partition coefficient (Wildman–Crippen LogP) is 4.44. The Labute approximate surface area is 131 Å². The smallest absolute Gasteiger partial charge is 0.0968 e. The minimum absolute atomic E-state index is 0.00846. The number of hydrogen-bond donors (Lipinski definition) is 1. The van der Waals surface area contributed by atoms with Crippen molar-refractivity contribution in [3.05, 3.63) is 48.3 Å². The van der Waals surface area contributed by atoms with E-state index >= 15 is 0 Å². The van der Waals surface area contributed by atoms with Gasteiger partial charge in [-0.15, -0.1) is 0 Å². The monoisotopic (exact) mass is 294 g/mol. The fourth-order valence-electron chi connectivity index (χ4n) is 3.12. The van der Waals surface area contributed by atoms with E-state index in [0.717, 1.165) is 40.3 Å². The van der Waals surface area contributed by atoms with Crippen molar-refractivity contribution in [2.45, 2.75) is 45.1 Å². The molecule has 0 amide bonds. The van der Waals surface area contributed by atoms with Crippen LogP contribution in [0.3, 0.4) is 0 Å². The molecule has 1 aromatic carbocycles. The average Bonchev–Trinajstić information content (AvgIpc) is 2.59. The maximum Gasteiger partial charge on any atom is 0.0968 e. The average molecular weight is 294 g/mol. The molecule has 2 heterocycles. The lowest BCUT2D eigenvalue weighted by Crippen LogP contribution is -2.33. The van der Waals surface area contributed by atoms with Gasteiger partial charge in [0.15, 0.2) is 0 Å². The van der Waals surface area contributed by atoms with E-state index in [1.807, 2.05) is 32.0 Å². The molecule has 114 valence electrons. The first-order valence-corrected chi connectivity index (χ1v) is 7.96. The topological polar surface area (TPSA) is 46.0 Å². The van der Waals surface area contributed by atoms with Gasteiger partial charge in [-0.05, 0) is 25.0 Å². The van der Waals surface area contributed by atoms with Crippen molar-refractivity contribution in [1.29, 1.82) is 0 Å². The maximum absolute atomic E-state index is 10.8. The minimum Gasteiger partial charge on any atom is -0.389 e. The first-order valence-electron chi connectivity index (χ1n) is 7.96. The number of aliphatic hydroxyl groups is 1. The zero-order chi connectivity index (χ0) is 15.7. The van der Waals surface area contributed by atoms with Crippen LogP contribution in [0.25, 0.3) is 21.8 Å². The highest BCUT2D eigenvalue weighted by Crippen LogP contribution is 2.34. The Balaban J connectivity index is 2.18. The Morgan fingerprint density at radius 1 is 1.00 bits per heavy atom. The van der Waals surface area contributed by atoms with E-state index in [4.69, 9.17) is 4.98 Å². The zero-order valence-corrected chi connectivity index (χ0v) is 13.4. The molecule has 3 aromatic rings. The van der Waals surface area contributed by atoms with Gasteiger partial charge < -0.3 is 5.11 Å². The standard InChI is InChI=1S/C19H22N2O/c1-4-19(22,5-2)13(3)16-11-10-15-9-8-14-7-6-12-20-17(14)18(15)21-16/h6-13,22H,4-5H2,1-3H3. The second-order valence-corrected chi connectivity index (χ2v) is 5.98. The lowest BCUT2D eigenvalue weighted by Gasteiger charge is -2.32. The Hall–Kier alpha value is -2.00. The van der Waals surface area contributed by atoms with Crippen molar-refractivity contribution >= 4 is 21.8 Å². The summed E-state index contributed by atoms with van der Waals surface area (Å²) in [4.78, 5) is 9.33. The molecule has 0 aliphatic heterocycles. The molecule has 0 bridgehead atoms. The van der Waals surface area contributed by atoms with Crippen LogP contribution in [0.1, 0.15) is 45.2 Å². The minimum atomic E-state index is -0.710. The molecule has 3 nitrogen and oxygen atoms in total. The molecule has 1 N–H and O–H groups in total.